The summed E-state index contributed by atoms with van der Waals surface area (Å²) in [5.41, 5.74) is 0. The predicted molar refractivity (Wildman–Crippen MR) is 79.7 cm³/mol. The van der Waals surface area contributed by atoms with E-state index < -0.39 is 0 Å². The lowest BCUT2D eigenvalue weighted by atomic mass is 10.0. The molecule has 1 aromatic heterocycles. The first-order valence-corrected chi connectivity index (χ1v) is 7.51. The Bertz CT molecular complexity index is 414. The van der Waals surface area contributed by atoms with Crippen LogP contribution in [0.1, 0.15) is 18.6 Å². The van der Waals surface area contributed by atoms with Crippen molar-refractivity contribution < 1.29 is 13.9 Å². The van der Waals surface area contributed by atoms with Crippen LogP contribution in [-0.4, -0.2) is 43.7 Å². The van der Waals surface area contributed by atoms with Crippen LogP contribution < -0.4 is 5.32 Å². The zero-order valence-corrected chi connectivity index (χ0v) is 13.2. The highest BCUT2D eigenvalue weighted by Crippen LogP contribution is 2.13. The molecule has 1 amide bonds. The Labute approximate surface area is 126 Å². The highest BCUT2D eigenvalue weighted by molar-refractivity contribution is 14.1. The first-order valence-electron chi connectivity index (χ1n) is 6.43. The van der Waals surface area contributed by atoms with E-state index in [0.717, 1.165) is 42.0 Å². The molecular weight excluding hydrogens is 359 g/mol. The second-order valence-corrected chi connectivity index (χ2v) is 5.74. The minimum absolute atomic E-state index is 0.0848. The van der Waals surface area contributed by atoms with Crippen LogP contribution in [0.25, 0.3) is 0 Å². The van der Waals surface area contributed by atoms with E-state index in [4.69, 9.17) is 9.15 Å². The second-order valence-electron chi connectivity index (χ2n) is 4.67. The van der Waals surface area contributed by atoms with Gasteiger partial charge in [-0.1, -0.05) is 0 Å². The number of nitrogens with zero attached hydrogens (tertiary/aromatic N) is 1. The number of piperidine rings is 1. The van der Waals surface area contributed by atoms with E-state index in [9.17, 15) is 4.79 Å². The largest absolute Gasteiger partial charge is 0.454 e. The summed E-state index contributed by atoms with van der Waals surface area (Å²) in [6.45, 7) is 2.54. The summed E-state index contributed by atoms with van der Waals surface area (Å²) < 4.78 is 11.3. The van der Waals surface area contributed by atoms with Gasteiger partial charge in [-0.25, -0.2) is 0 Å². The molecule has 106 valence electrons. The molecule has 6 heteroatoms. The van der Waals surface area contributed by atoms with Gasteiger partial charge in [0, 0.05) is 26.2 Å². The minimum Gasteiger partial charge on any atom is -0.454 e. The molecule has 1 aromatic rings. The summed E-state index contributed by atoms with van der Waals surface area (Å²) in [6, 6.07) is 4.41. The molecule has 0 unspecified atom stereocenters. The Morgan fingerprint density at radius 1 is 1.53 bits per heavy atom. The lowest BCUT2D eigenvalue weighted by molar-refractivity contribution is -0.136. The highest BCUT2D eigenvalue weighted by atomic mass is 127. The summed E-state index contributed by atoms with van der Waals surface area (Å²) in [7, 11) is 1.55. The molecule has 0 bridgehead atoms. The number of hydrogen-bond donors (Lipinski definition) is 1. The molecule has 0 spiro atoms. The molecule has 2 heterocycles. The van der Waals surface area contributed by atoms with E-state index in [2.05, 4.69) is 27.9 Å². The first kappa shape index (κ1) is 14.8. The van der Waals surface area contributed by atoms with Crippen LogP contribution in [0, 0.1) is 3.77 Å². The van der Waals surface area contributed by atoms with Crippen molar-refractivity contribution >= 4 is 28.5 Å². The number of nitrogens with one attached hydrogen (secondary N) is 1. The molecule has 2 rings (SSSR count). The number of amides is 1. The normalized spacial score (nSPS) is 16.8. The summed E-state index contributed by atoms with van der Waals surface area (Å²) >= 11 is 2.16. The van der Waals surface area contributed by atoms with Gasteiger partial charge in [-0.2, -0.15) is 0 Å². The summed E-state index contributed by atoms with van der Waals surface area (Å²) in [5, 5.41) is 3.48. The van der Waals surface area contributed by atoms with E-state index in [-0.39, 0.29) is 12.5 Å². The van der Waals surface area contributed by atoms with Gasteiger partial charge >= 0.3 is 0 Å². The molecule has 1 N–H and O–H groups in total. The third-order valence-electron chi connectivity index (χ3n) is 3.31. The molecule has 1 fully saturated rings. The van der Waals surface area contributed by atoms with Gasteiger partial charge < -0.3 is 19.4 Å². The number of furan rings is 1. The van der Waals surface area contributed by atoms with Crippen LogP contribution in [0.4, 0.5) is 0 Å². The number of likely N-dealkylation sites (tertiary alicyclic amines) is 1. The number of rotatable bonds is 5. The smallest absolute Gasteiger partial charge is 0.248 e. The standard InChI is InChI=1S/C13H19IN2O3/c1-18-9-13(17)16-6-4-10(5-7-16)15-8-11-2-3-12(14)19-11/h2-3,10,15H,4-9H2,1H3. The van der Waals surface area contributed by atoms with Gasteiger partial charge in [-0.15, -0.1) is 0 Å². The predicted octanol–water partition coefficient (Wildman–Crippen LogP) is 1.61. The van der Waals surface area contributed by atoms with Gasteiger partial charge in [0.2, 0.25) is 5.91 Å². The number of methoxy groups -OCH3 is 1. The van der Waals surface area contributed by atoms with E-state index in [1.54, 1.807) is 7.11 Å². The molecular formula is C13H19IN2O3. The van der Waals surface area contributed by atoms with Crippen molar-refractivity contribution in [2.45, 2.75) is 25.4 Å². The molecule has 1 saturated heterocycles. The number of carbonyl (C=O) groups excluding carboxylic acids is 1. The third kappa shape index (κ3) is 4.47. The fourth-order valence-corrected chi connectivity index (χ4v) is 2.70. The van der Waals surface area contributed by atoms with Gasteiger partial charge in [-0.05, 0) is 47.6 Å². The SMILES string of the molecule is COCC(=O)N1CCC(NCc2ccc(I)o2)CC1. The Morgan fingerprint density at radius 3 is 2.84 bits per heavy atom. The molecule has 0 atom stereocenters. The number of hydrogen-bond acceptors (Lipinski definition) is 4. The second kappa shape index (κ2) is 7.25. The Hall–Kier alpha value is -0.600. The number of ether oxygens (including phenoxy) is 1. The summed E-state index contributed by atoms with van der Waals surface area (Å²) in [4.78, 5) is 13.5. The lowest BCUT2D eigenvalue weighted by Crippen LogP contribution is -2.45. The van der Waals surface area contributed by atoms with Crippen molar-refractivity contribution in [3.63, 3.8) is 0 Å². The molecule has 0 aromatic carbocycles. The average Bonchev–Trinajstić information content (AvgIpc) is 2.83. The maximum atomic E-state index is 11.7. The fraction of sp³-hybridized carbons (Fsp3) is 0.615. The summed E-state index contributed by atoms with van der Waals surface area (Å²) in [5.74, 6) is 1.05. The van der Waals surface area contributed by atoms with Crippen LogP contribution in [-0.2, 0) is 16.1 Å². The Balaban J connectivity index is 1.70. The van der Waals surface area contributed by atoms with Crippen molar-refractivity contribution in [2.24, 2.45) is 0 Å². The maximum Gasteiger partial charge on any atom is 0.248 e. The lowest BCUT2D eigenvalue weighted by Gasteiger charge is -2.32. The monoisotopic (exact) mass is 378 g/mol. The zero-order chi connectivity index (χ0) is 13.7. The van der Waals surface area contributed by atoms with E-state index in [1.807, 2.05) is 17.0 Å². The topological polar surface area (TPSA) is 54.7 Å². The molecule has 0 saturated carbocycles. The van der Waals surface area contributed by atoms with Gasteiger partial charge in [0.15, 0.2) is 3.77 Å². The molecule has 0 radical (unpaired) electrons. The Morgan fingerprint density at radius 2 is 2.26 bits per heavy atom. The van der Waals surface area contributed by atoms with E-state index in [1.165, 1.54) is 0 Å². The number of carbonyl (C=O) groups is 1. The average molecular weight is 378 g/mol. The molecule has 19 heavy (non-hydrogen) atoms. The van der Waals surface area contributed by atoms with E-state index >= 15 is 0 Å². The van der Waals surface area contributed by atoms with Gasteiger partial charge in [0.1, 0.15) is 12.4 Å². The van der Waals surface area contributed by atoms with Crippen molar-refractivity contribution in [1.29, 1.82) is 0 Å². The van der Waals surface area contributed by atoms with Crippen molar-refractivity contribution in [3.05, 3.63) is 21.7 Å². The molecule has 5 nitrogen and oxygen atoms in total. The van der Waals surface area contributed by atoms with Crippen molar-refractivity contribution in [3.8, 4) is 0 Å². The minimum atomic E-state index is 0.0848. The van der Waals surface area contributed by atoms with Gasteiger partial charge in [-0.3, -0.25) is 4.79 Å². The Kier molecular flexibility index (Phi) is 5.65. The van der Waals surface area contributed by atoms with Crippen LogP contribution in [0.15, 0.2) is 16.5 Å². The molecule has 1 aliphatic rings. The van der Waals surface area contributed by atoms with E-state index in [0.29, 0.717) is 6.04 Å². The quantitative estimate of drug-likeness (QED) is 0.792. The highest BCUT2D eigenvalue weighted by Gasteiger charge is 2.22. The maximum absolute atomic E-state index is 11.7. The first-order chi connectivity index (χ1) is 9.19. The number of halogens is 1. The van der Waals surface area contributed by atoms with Gasteiger partial charge in [0.05, 0.1) is 6.54 Å². The molecule has 0 aliphatic carbocycles. The zero-order valence-electron chi connectivity index (χ0n) is 11.0. The molecule has 1 aliphatic heterocycles. The van der Waals surface area contributed by atoms with Crippen molar-refractivity contribution in [1.82, 2.24) is 10.2 Å². The summed E-state index contributed by atoms with van der Waals surface area (Å²) in [6.07, 6.45) is 1.96. The van der Waals surface area contributed by atoms with Crippen LogP contribution in [0.3, 0.4) is 0 Å². The van der Waals surface area contributed by atoms with Gasteiger partial charge in [0.25, 0.3) is 0 Å². The van der Waals surface area contributed by atoms with Crippen LogP contribution in [0.5, 0.6) is 0 Å². The van der Waals surface area contributed by atoms with Crippen LogP contribution in [0.2, 0.25) is 0 Å². The fourth-order valence-electron chi connectivity index (χ4n) is 2.24. The third-order valence-corrected chi connectivity index (χ3v) is 3.89. The van der Waals surface area contributed by atoms with Crippen LogP contribution >= 0.6 is 22.6 Å². The van der Waals surface area contributed by atoms with Crippen molar-refractivity contribution in [2.75, 3.05) is 26.8 Å².